The van der Waals surface area contributed by atoms with Crippen LogP contribution in [-0.2, 0) is 4.79 Å². The van der Waals surface area contributed by atoms with E-state index in [1.165, 1.54) is 22.9 Å². The molecule has 1 aromatic heterocycles. The van der Waals surface area contributed by atoms with Gasteiger partial charge in [-0.3, -0.25) is 9.59 Å². The first kappa shape index (κ1) is 19.0. The van der Waals surface area contributed by atoms with E-state index in [4.69, 9.17) is 0 Å². The number of carbonyl (C=O) groups excluding carboxylic acids is 2. The minimum Gasteiger partial charge on any atom is -0.355 e. The molecule has 1 aromatic carbocycles. The number of nitrogens with zero attached hydrogens (tertiary/aromatic N) is 1. The van der Waals surface area contributed by atoms with Crippen LogP contribution in [-0.4, -0.2) is 29.4 Å². The zero-order valence-corrected chi connectivity index (χ0v) is 15.7. The number of aromatic nitrogens is 1. The van der Waals surface area contributed by atoms with Gasteiger partial charge in [-0.2, -0.15) is 0 Å². The second kappa shape index (κ2) is 8.67. The van der Waals surface area contributed by atoms with Gasteiger partial charge in [-0.15, -0.1) is 0 Å². The highest BCUT2D eigenvalue weighted by molar-refractivity contribution is 7.99. The zero-order chi connectivity index (χ0) is 18.4. The van der Waals surface area contributed by atoms with Crippen molar-refractivity contribution in [1.29, 1.82) is 0 Å². The molecule has 0 fully saturated rings. The van der Waals surface area contributed by atoms with Gasteiger partial charge in [0.2, 0.25) is 5.91 Å². The molecule has 1 heterocycles. The molecule has 0 aliphatic carbocycles. The van der Waals surface area contributed by atoms with Crippen LogP contribution in [0.25, 0.3) is 0 Å². The minimum absolute atomic E-state index is 0.205. The van der Waals surface area contributed by atoms with Crippen molar-refractivity contribution in [3.05, 3.63) is 53.2 Å². The summed E-state index contributed by atoms with van der Waals surface area (Å²) in [6, 6.07) is 8.98. The number of aryl methyl sites for hydroxylation is 2. The number of benzene rings is 1. The molecule has 0 spiro atoms. The van der Waals surface area contributed by atoms with Gasteiger partial charge in [0.25, 0.3) is 5.91 Å². The molecule has 0 saturated carbocycles. The topological polar surface area (TPSA) is 71.1 Å². The lowest BCUT2D eigenvalue weighted by Crippen LogP contribution is -2.44. The van der Waals surface area contributed by atoms with E-state index in [1.54, 1.807) is 25.3 Å². The molecule has 132 valence electrons. The Balaban J connectivity index is 2.18. The summed E-state index contributed by atoms with van der Waals surface area (Å²) in [6.07, 6.45) is 1.66. The lowest BCUT2D eigenvalue weighted by Gasteiger charge is -2.14. The van der Waals surface area contributed by atoms with E-state index in [2.05, 4.69) is 41.6 Å². The van der Waals surface area contributed by atoms with Crippen molar-refractivity contribution in [2.24, 2.45) is 0 Å². The van der Waals surface area contributed by atoms with Crippen molar-refractivity contribution in [3.8, 4) is 0 Å². The second-order valence-corrected chi connectivity index (χ2v) is 6.86. The van der Waals surface area contributed by atoms with Gasteiger partial charge >= 0.3 is 0 Å². The quantitative estimate of drug-likeness (QED) is 0.833. The van der Waals surface area contributed by atoms with Crippen LogP contribution in [0.15, 0.2) is 46.5 Å². The Kier molecular flexibility index (Phi) is 6.58. The minimum atomic E-state index is -0.605. The van der Waals surface area contributed by atoms with E-state index in [-0.39, 0.29) is 11.8 Å². The van der Waals surface area contributed by atoms with Gasteiger partial charge in [-0.05, 0) is 63.1 Å². The molecule has 0 aliphatic heterocycles. The summed E-state index contributed by atoms with van der Waals surface area (Å²) >= 11 is 1.44. The predicted octanol–water partition coefficient (Wildman–Crippen LogP) is 3.10. The van der Waals surface area contributed by atoms with Crippen LogP contribution in [0, 0.1) is 13.8 Å². The Bertz CT molecular complexity index is 777. The molecular weight excluding hydrogens is 334 g/mol. The SMILES string of the molecule is CCNC(=O)C(C)NC(=O)c1cccnc1Sc1ccc(C)c(C)c1. The largest absolute Gasteiger partial charge is 0.355 e. The van der Waals surface area contributed by atoms with Gasteiger partial charge in [0.1, 0.15) is 11.1 Å². The first-order chi connectivity index (χ1) is 11.9. The summed E-state index contributed by atoms with van der Waals surface area (Å²) < 4.78 is 0. The van der Waals surface area contributed by atoms with E-state index < -0.39 is 6.04 Å². The van der Waals surface area contributed by atoms with Gasteiger partial charge in [0, 0.05) is 17.6 Å². The van der Waals surface area contributed by atoms with Crippen LogP contribution >= 0.6 is 11.8 Å². The molecule has 1 atom stereocenters. The Hall–Kier alpha value is -2.34. The first-order valence-corrected chi connectivity index (χ1v) is 9.02. The Morgan fingerprint density at radius 2 is 1.96 bits per heavy atom. The maximum absolute atomic E-state index is 12.6. The number of carbonyl (C=O) groups is 2. The number of rotatable bonds is 6. The van der Waals surface area contributed by atoms with Crippen molar-refractivity contribution in [2.75, 3.05) is 6.54 Å². The Labute approximate surface area is 152 Å². The Morgan fingerprint density at radius 1 is 1.20 bits per heavy atom. The summed E-state index contributed by atoms with van der Waals surface area (Å²) in [6.45, 7) is 8.15. The molecule has 0 bridgehead atoms. The standard InChI is InChI=1S/C19H23N3O2S/c1-5-20-17(23)14(4)22-18(24)16-7-6-10-21-19(16)25-15-9-8-12(2)13(3)11-15/h6-11,14H,5H2,1-4H3,(H,20,23)(H,22,24). The number of amides is 2. The number of hydrogen-bond donors (Lipinski definition) is 2. The maximum atomic E-state index is 12.6. The molecule has 6 heteroatoms. The van der Waals surface area contributed by atoms with Gasteiger partial charge in [0.15, 0.2) is 0 Å². The third kappa shape index (κ3) is 5.06. The average molecular weight is 357 g/mol. The van der Waals surface area contributed by atoms with Gasteiger partial charge in [0.05, 0.1) is 5.56 Å². The molecule has 0 aliphatic rings. The first-order valence-electron chi connectivity index (χ1n) is 8.21. The van der Waals surface area contributed by atoms with E-state index in [0.717, 1.165) is 4.90 Å². The van der Waals surface area contributed by atoms with Crippen molar-refractivity contribution in [1.82, 2.24) is 15.6 Å². The van der Waals surface area contributed by atoms with Gasteiger partial charge < -0.3 is 10.6 Å². The van der Waals surface area contributed by atoms with Crippen molar-refractivity contribution < 1.29 is 9.59 Å². The van der Waals surface area contributed by atoms with Crippen LogP contribution in [0.2, 0.25) is 0 Å². The number of pyridine rings is 1. The molecule has 1 unspecified atom stereocenters. The highest BCUT2D eigenvalue weighted by atomic mass is 32.2. The van der Waals surface area contributed by atoms with E-state index >= 15 is 0 Å². The summed E-state index contributed by atoms with van der Waals surface area (Å²) in [5, 5.41) is 6.03. The van der Waals surface area contributed by atoms with E-state index in [0.29, 0.717) is 17.1 Å². The number of hydrogen-bond acceptors (Lipinski definition) is 4. The zero-order valence-electron chi connectivity index (χ0n) is 14.9. The molecule has 0 radical (unpaired) electrons. The van der Waals surface area contributed by atoms with Crippen LogP contribution in [0.1, 0.15) is 35.3 Å². The van der Waals surface area contributed by atoms with Crippen molar-refractivity contribution in [2.45, 2.75) is 43.7 Å². The Morgan fingerprint density at radius 3 is 2.64 bits per heavy atom. The fraction of sp³-hybridized carbons (Fsp3) is 0.316. The summed E-state index contributed by atoms with van der Waals surface area (Å²) in [4.78, 5) is 29.7. The molecule has 2 aromatic rings. The third-order valence-electron chi connectivity index (χ3n) is 3.80. The molecule has 0 saturated heterocycles. The molecule has 2 N–H and O–H groups in total. The molecule has 2 amide bonds. The van der Waals surface area contributed by atoms with Crippen molar-refractivity contribution in [3.63, 3.8) is 0 Å². The monoisotopic (exact) mass is 357 g/mol. The molecule has 5 nitrogen and oxygen atoms in total. The van der Waals surface area contributed by atoms with E-state index in [1.807, 2.05) is 13.0 Å². The maximum Gasteiger partial charge on any atom is 0.254 e. The average Bonchev–Trinajstić information content (AvgIpc) is 2.58. The summed E-state index contributed by atoms with van der Waals surface area (Å²) in [5.41, 5.74) is 2.87. The lowest BCUT2D eigenvalue weighted by molar-refractivity contribution is -0.122. The second-order valence-electron chi connectivity index (χ2n) is 5.79. The van der Waals surface area contributed by atoms with E-state index in [9.17, 15) is 9.59 Å². The normalized spacial score (nSPS) is 11.7. The van der Waals surface area contributed by atoms with Crippen LogP contribution in [0.3, 0.4) is 0 Å². The molecule has 25 heavy (non-hydrogen) atoms. The van der Waals surface area contributed by atoms with Crippen molar-refractivity contribution >= 4 is 23.6 Å². The lowest BCUT2D eigenvalue weighted by atomic mass is 10.1. The highest BCUT2D eigenvalue weighted by Gasteiger charge is 2.19. The van der Waals surface area contributed by atoms with Crippen LogP contribution in [0.5, 0.6) is 0 Å². The summed E-state index contributed by atoms with van der Waals surface area (Å²) in [7, 11) is 0. The fourth-order valence-electron chi connectivity index (χ4n) is 2.20. The predicted molar refractivity (Wildman–Crippen MR) is 99.9 cm³/mol. The van der Waals surface area contributed by atoms with Gasteiger partial charge in [-0.25, -0.2) is 4.98 Å². The molecule has 2 rings (SSSR count). The smallest absolute Gasteiger partial charge is 0.254 e. The third-order valence-corrected chi connectivity index (χ3v) is 4.81. The highest BCUT2D eigenvalue weighted by Crippen LogP contribution is 2.29. The van der Waals surface area contributed by atoms with Crippen LogP contribution in [0.4, 0.5) is 0 Å². The molecular formula is C19H23N3O2S. The number of nitrogens with one attached hydrogen (secondary N) is 2. The summed E-state index contributed by atoms with van der Waals surface area (Å²) in [5.74, 6) is -0.513. The van der Waals surface area contributed by atoms with Gasteiger partial charge in [-0.1, -0.05) is 17.8 Å². The van der Waals surface area contributed by atoms with Crippen LogP contribution < -0.4 is 10.6 Å². The fourth-order valence-corrected chi connectivity index (χ4v) is 3.18. The number of likely N-dealkylation sites (N-methyl/N-ethyl adjacent to an activating group) is 1.